The van der Waals surface area contributed by atoms with Gasteiger partial charge >= 0.3 is 0 Å². The first kappa shape index (κ1) is 26.0. The Kier molecular flexibility index (Phi) is 8.90. The fourth-order valence-corrected chi connectivity index (χ4v) is 4.60. The lowest BCUT2D eigenvalue weighted by Crippen LogP contribution is -2.33. The van der Waals surface area contributed by atoms with Gasteiger partial charge in [-0.3, -0.25) is 9.59 Å². The zero-order valence-electron chi connectivity index (χ0n) is 20.0. The van der Waals surface area contributed by atoms with Crippen molar-refractivity contribution < 1.29 is 9.59 Å². The molecule has 3 aromatic rings. The van der Waals surface area contributed by atoms with E-state index in [-0.39, 0.29) is 35.4 Å². The molecule has 0 saturated heterocycles. The summed E-state index contributed by atoms with van der Waals surface area (Å²) in [5, 5.41) is 15.3. The number of halogens is 1. The van der Waals surface area contributed by atoms with Gasteiger partial charge in [0, 0.05) is 22.8 Å². The molecule has 180 valence electrons. The zero-order chi connectivity index (χ0) is 24.8. The largest absolute Gasteiger partial charge is 0.342 e. The molecule has 0 bridgehead atoms. The van der Waals surface area contributed by atoms with Gasteiger partial charge in [0.25, 0.3) is 5.91 Å². The lowest BCUT2D eigenvalue weighted by molar-refractivity contribution is -0.113. The second-order valence-corrected chi connectivity index (χ2v) is 10.5. The van der Waals surface area contributed by atoms with E-state index >= 15 is 0 Å². The number of hydrogen-bond donors (Lipinski definition) is 2. The third-order valence-electron chi connectivity index (χ3n) is 5.38. The van der Waals surface area contributed by atoms with Crippen LogP contribution in [-0.4, -0.2) is 32.3 Å². The van der Waals surface area contributed by atoms with Crippen molar-refractivity contribution in [1.29, 1.82) is 0 Å². The Labute approximate surface area is 213 Å². The first-order valence-electron chi connectivity index (χ1n) is 11.1. The standard InChI is InChI=1S/C25H30BrN5O2S/c1-15(2)19-13-18(26)11-12-20(19)27-21(32)14-34-25-30-29-23(31(25)5)22(16(3)4)28-24(33)17-9-7-6-8-10-17/h6-13,15-16,22H,14H2,1-5H3,(H,27,32)(H,28,33)/t22-/m1/s1. The molecule has 0 radical (unpaired) electrons. The summed E-state index contributed by atoms with van der Waals surface area (Å²) in [5.74, 6) is 0.951. The molecule has 7 nitrogen and oxygen atoms in total. The summed E-state index contributed by atoms with van der Waals surface area (Å²) >= 11 is 4.80. The summed E-state index contributed by atoms with van der Waals surface area (Å²) in [5.41, 5.74) is 2.48. The molecule has 2 aromatic carbocycles. The van der Waals surface area contributed by atoms with Crippen LogP contribution in [0.25, 0.3) is 0 Å². The Balaban J connectivity index is 1.67. The van der Waals surface area contributed by atoms with E-state index in [2.05, 4.69) is 50.6 Å². The number of carbonyl (C=O) groups is 2. The van der Waals surface area contributed by atoms with Gasteiger partial charge in [-0.05, 0) is 47.7 Å². The Morgan fingerprint density at radius 3 is 2.41 bits per heavy atom. The summed E-state index contributed by atoms with van der Waals surface area (Å²) in [6.45, 7) is 8.23. The number of aromatic nitrogens is 3. The molecule has 0 unspecified atom stereocenters. The number of nitrogens with zero attached hydrogens (tertiary/aromatic N) is 3. The number of amides is 2. The zero-order valence-corrected chi connectivity index (χ0v) is 22.4. The SMILES string of the molecule is CC(C)c1cc(Br)ccc1NC(=O)CSc1nnc([C@H](NC(=O)c2ccccc2)C(C)C)n1C. The lowest BCUT2D eigenvalue weighted by Gasteiger charge is -2.21. The number of rotatable bonds is 9. The van der Waals surface area contributed by atoms with Crippen molar-refractivity contribution in [3.05, 3.63) is 70.0 Å². The van der Waals surface area contributed by atoms with Gasteiger partial charge in [0.15, 0.2) is 11.0 Å². The molecule has 0 aliphatic rings. The molecule has 3 rings (SSSR count). The minimum Gasteiger partial charge on any atom is -0.342 e. The van der Waals surface area contributed by atoms with Gasteiger partial charge in [0.05, 0.1) is 11.8 Å². The highest BCUT2D eigenvalue weighted by atomic mass is 79.9. The number of benzene rings is 2. The van der Waals surface area contributed by atoms with Crippen LogP contribution in [0.5, 0.6) is 0 Å². The molecule has 34 heavy (non-hydrogen) atoms. The average molecular weight is 545 g/mol. The van der Waals surface area contributed by atoms with Crippen molar-refractivity contribution in [3.63, 3.8) is 0 Å². The molecule has 0 aliphatic heterocycles. The molecule has 0 fully saturated rings. The van der Waals surface area contributed by atoms with Crippen LogP contribution in [0.3, 0.4) is 0 Å². The van der Waals surface area contributed by atoms with E-state index in [0.717, 1.165) is 15.7 Å². The quantitative estimate of drug-likeness (QED) is 0.345. The van der Waals surface area contributed by atoms with Crippen LogP contribution >= 0.6 is 27.7 Å². The molecule has 0 aliphatic carbocycles. The van der Waals surface area contributed by atoms with Gasteiger partial charge in [0.2, 0.25) is 5.91 Å². The maximum Gasteiger partial charge on any atom is 0.251 e. The number of anilines is 1. The van der Waals surface area contributed by atoms with Crippen molar-refractivity contribution in [1.82, 2.24) is 20.1 Å². The van der Waals surface area contributed by atoms with E-state index in [1.165, 1.54) is 11.8 Å². The summed E-state index contributed by atoms with van der Waals surface area (Å²) in [6.07, 6.45) is 0. The summed E-state index contributed by atoms with van der Waals surface area (Å²) in [7, 11) is 1.85. The van der Waals surface area contributed by atoms with Crippen LogP contribution in [0.1, 0.15) is 61.4 Å². The van der Waals surface area contributed by atoms with E-state index in [1.54, 1.807) is 12.1 Å². The average Bonchev–Trinajstić information content (AvgIpc) is 3.17. The third-order valence-corrected chi connectivity index (χ3v) is 6.89. The van der Waals surface area contributed by atoms with Crippen molar-refractivity contribution in [2.45, 2.75) is 44.8 Å². The second-order valence-electron chi connectivity index (χ2n) is 8.68. The van der Waals surface area contributed by atoms with E-state index in [9.17, 15) is 9.59 Å². The van der Waals surface area contributed by atoms with Gasteiger partial charge in [0.1, 0.15) is 0 Å². The molecule has 1 heterocycles. The van der Waals surface area contributed by atoms with E-state index in [0.29, 0.717) is 16.5 Å². The second kappa shape index (κ2) is 11.7. The van der Waals surface area contributed by atoms with Crippen molar-refractivity contribution in [3.8, 4) is 0 Å². The predicted molar refractivity (Wildman–Crippen MR) is 140 cm³/mol. The summed E-state index contributed by atoms with van der Waals surface area (Å²) in [6, 6.07) is 14.6. The van der Waals surface area contributed by atoms with E-state index in [4.69, 9.17) is 0 Å². The van der Waals surface area contributed by atoms with Crippen molar-refractivity contribution in [2.24, 2.45) is 13.0 Å². The van der Waals surface area contributed by atoms with Crippen LogP contribution in [0, 0.1) is 5.92 Å². The maximum atomic E-state index is 12.7. The Morgan fingerprint density at radius 2 is 1.76 bits per heavy atom. The molecule has 1 atom stereocenters. The highest BCUT2D eigenvalue weighted by Crippen LogP contribution is 2.28. The summed E-state index contributed by atoms with van der Waals surface area (Å²) in [4.78, 5) is 25.4. The molecule has 9 heteroatoms. The third kappa shape index (κ3) is 6.48. The minimum atomic E-state index is -0.315. The smallest absolute Gasteiger partial charge is 0.251 e. The van der Waals surface area contributed by atoms with Gasteiger partial charge < -0.3 is 15.2 Å². The van der Waals surface area contributed by atoms with Crippen LogP contribution in [0.2, 0.25) is 0 Å². The normalized spacial score (nSPS) is 12.1. The molecule has 0 saturated carbocycles. The minimum absolute atomic E-state index is 0.101. The number of nitrogens with one attached hydrogen (secondary N) is 2. The van der Waals surface area contributed by atoms with Crippen molar-refractivity contribution >= 4 is 45.2 Å². The van der Waals surface area contributed by atoms with Crippen LogP contribution in [0.4, 0.5) is 5.69 Å². The van der Waals surface area contributed by atoms with E-state index < -0.39 is 0 Å². The van der Waals surface area contributed by atoms with Crippen LogP contribution < -0.4 is 10.6 Å². The number of thioether (sulfide) groups is 1. The van der Waals surface area contributed by atoms with Gasteiger partial charge in [-0.2, -0.15) is 0 Å². The highest BCUT2D eigenvalue weighted by molar-refractivity contribution is 9.10. The first-order valence-corrected chi connectivity index (χ1v) is 12.9. The fraction of sp³-hybridized carbons (Fsp3) is 0.360. The molecule has 2 amide bonds. The Morgan fingerprint density at radius 1 is 1.06 bits per heavy atom. The van der Waals surface area contributed by atoms with Crippen LogP contribution in [0.15, 0.2) is 58.2 Å². The molecular formula is C25H30BrN5O2S. The van der Waals surface area contributed by atoms with Crippen molar-refractivity contribution in [2.75, 3.05) is 11.1 Å². The van der Waals surface area contributed by atoms with E-state index in [1.807, 2.05) is 61.9 Å². The molecule has 1 aromatic heterocycles. The van der Waals surface area contributed by atoms with Crippen LogP contribution in [-0.2, 0) is 11.8 Å². The van der Waals surface area contributed by atoms with Gasteiger partial charge in [-0.25, -0.2) is 0 Å². The predicted octanol–water partition coefficient (Wildman–Crippen LogP) is 5.56. The summed E-state index contributed by atoms with van der Waals surface area (Å²) < 4.78 is 2.82. The topological polar surface area (TPSA) is 88.9 Å². The Hall–Kier alpha value is -2.65. The highest BCUT2D eigenvalue weighted by Gasteiger charge is 2.25. The maximum absolute atomic E-state index is 12.7. The molecule has 2 N–H and O–H groups in total. The van der Waals surface area contributed by atoms with Gasteiger partial charge in [-0.15, -0.1) is 10.2 Å². The van der Waals surface area contributed by atoms with Gasteiger partial charge in [-0.1, -0.05) is 73.6 Å². The molecular weight excluding hydrogens is 514 g/mol. The fourth-order valence-electron chi connectivity index (χ4n) is 3.51. The first-order chi connectivity index (χ1) is 16.2. The lowest BCUT2D eigenvalue weighted by atomic mass is 10.0. The monoisotopic (exact) mass is 543 g/mol. The molecule has 0 spiro atoms. The Bertz CT molecular complexity index is 1150. The number of carbonyl (C=O) groups excluding carboxylic acids is 2. The number of hydrogen-bond acceptors (Lipinski definition) is 5.